The van der Waals surface area contributed by atoms with Crippen LogP contribution < -0.4 is 0 Å². The van der Waals surface area contributed by atoms with Crippen molar-refractivity contribution < 1.29 is 9.00 Å². The van der Waals surface area contributed by atoms with Crippen molar-refractivity contribution in [2.45, 2.75) is 36.6 Å². The molecule has 4 nitrogen and oxygen atoms in total. The Balaban J connectivity index is 1.89. The number of aryl methyl sites for hydroxylation is 1. The van der Waals surface area contributed by atoms with E-state index < -0.39 is 10.8 Å². The molecule has 0 radical (unpaired) electrons. The largest absolute Gasteiger partial charge is 0.353 e. The van der Waals surface area contributed by atoms with Crippen LogP contribution in [0.1, 0.15) is 47.8 Å². The van der Waals surface area contributed by atoms with Gasteiger partial charge in [-0.3, -0.25) is 9.00 Å². The van der Waals surface area contributed by atoms with E-state index in [9.17, 15) is 9.00 Å². The summed E-state index contributed by atoms with van der Waals surface area (Å²) in [6.45, 7) is 0.788. The van der Waals surface area contributed by atoms with Crippen LogP contribution in [-0.2, 0) is 17.8 Å². The highest BCUT2D eigenvalue weighted by atomic mass is 32.2. The van der Waals surface area contributed by atoms with Gasteiger partial charge in [0.05, 0.1) is 6.04 Å². The summed E-state index contributed by atoms with van der Waals surface area (Å²) in [5.41, 5.74) is 1.86. The van der Waals surface area contributed by atoms with E-state index in [0.29, 0.717) is 5.56 Å². The van der Waals surface area contributed by atoms with Crippen molar-refractivity contribution in [3.05, 3.63) is 53.9 Å². The number of likely N-dealkylation sites (tertiary alicyclic amines) is 1. The summed E-state index contributed by atoms with van der Waals surface area (Å²) in [5.74, 6) is 0.0662. The molecule has 0 spiro atoms. The Morgan fingerprint density at radius 3 is 2.50 bits per heavy atom. The van der Waals surface area contributed by atoms with Gasteiger partial charge >= 0.3 is 0 Å². The molecule has 5 heteroatoms. The molecule has 1 amide bonds. The van der Waals surface area contributed by atoms with Crippen molar-refractivity contribution in [2.75, 3.05) is 12.8 Å². The molecule has 1 aliphatic heterocycles. The first kappa shape index (κ1) is 17.0. The molecule has 128 valence electrons. The lowest BCUT2D eigenvalue weighted by atomic mass is 10.1. The maximum Gasteiger partial charge on any atom is 0.254 e. The third kappa shape index (κ3) is 3.46. The van der Waals surface area contributed by atoms with Crippen LogP contribution in [0.3, 0.4) is 0 Å². The zero-order valence-electron chi connectivity index (χ0n) is 14.3. The highest BCUT2D eigenvalue weighted by molar-refractivity contribution is 7.84. The molecule has 1 aliphatic rings. The van der Waals surface area contributed by atoms with Gasteiger partial charge in [0.25, 0.3) is 5.91 Å². The van der Waals surface area contributed by atoms with E-state index in [0.717, 1.165) is 30.7 Å². The average Bonchev–Trinajstić information content (AvgIpc) is 2.86. The molecular weight excluding hydrogens is 320 g/mol. The van der Waals surface area contributed by atoms with E-state index in [1.807, 2.05) is 24.2 Å². The lowest BCUT2D eigenvalue weighted by Gasteiger charge is -2.30. The van der Waals surface area contributed by atoms with Crippen LogP contribution >= 0.6 is 0 Å². The van der Waals surface area contributed by atoms with Crippen LogP contribution in [0.5, 0.6) is 0 Å². The van der Waals surface area contributed by atoms with Crippen LogP contribution in [0.25, 0.3) is 0 Å². The van der Waals surface area contributed by atoms with Gasteiger partial charge < -0.3 is 9.47 Å². The lowest BCUT2D eigenvalue weighted by molar-refractivity contribution is 0.0674. The fourth-order valence-corrected chi connectivity index (χ4v) is 3.95. The Morgan fingerprint density at radius 2 is 1.88 bits per heavy atom. The number of hydrogen-bond donors (Lipinski definition) is 0. The van der Waals surface area contributed by atoms with Gasteiger partial charge in [-0.15, -0.1) is 0 Å². The molecule has 0 bridgehead atoms. The Labute approximate surface area is 145 Å². The molecule has 2 heterocycles. The van der Waals surface area contributed by atoms with Crippen molar-refractivity contribution in [2.24, 2.45) is 7.05 Å². The number of nitrogens with zero attached hydrogens (tertiary/aromatic N) is 2. The number of rotatable bonds is 3. The average molecular weight is 344 g/mol. The third-order valence-corrected chi connectivity index (χ3v) is 5.71. The molecule has 2 aromatic rings. The van der Waals surface area contributed by atoms with Gasteiger partial charge in [0.2, 0.25) is 0 Å². The molecule has 0 saturated carbocycles. The molecule has 2 atom stereocenters. The number of carbonyl (C=O) groups is 1. The van der Waals surface area contributed by atoms with E-state index in [4.69, 9.17) is 0 Å². The van der Waals surface area contributed by atoms with Gasteiger partial charge in [0, 0.05) is 53.0 Å². The molecule has 1 saturated heterocycles. The highest BCUT2D eigenvalue weighted by Crippen LogP contribution is 2.31. The van der Waals surface area contributed by atoms with Crippen molar-refractivity contribution in [3.63, 3.8) is 0 Å². The van der Waals surface area contributed by atoms with Gasteiger partial charge in [-0.2, -0.15) is 0 Å². The SMILES string of the molecule is Cn1cccc1[C@@H]1CCCCCN1C(=O)c1ccc([S@](C)=O)cc1. The Bertz CT molecular complexity index is 736. The molecular formula is C19H24N2O2S. The topological polar surface area (TPSA) is 42.3 Å². The second kappa shape index (κ2) is 7.34. The van der Waals surface area contributed by atoms with Crippen molar-refractivity contribution >= 4 is 16.7 Å². The van der Waals surface area contributed by atoms with E-state index in [1.54, 1.807) is 30.5 Å². The summed E-state index contributed by atoms with van der Waals surface area (Å²) in [4.78, 5) is 15.9. The number of aromatic nitrogens is 1. The summed E-state index contributed by atoms with van der Waals surface area (Å²) < 4.78 is 13.6. The maximum atomic E-state index is 13.1. The molecule has 1 fully saturated rings. The summed E-state index contributed by atoms with van der Waals surface area (Å²) in [5, 5.41) is 0. The normalized spacial score (nSPS) is 19.8. The third-order valence-electron chi connectivity index (χ3n) is 4.77. The standard InChI is InChI=1S/C19H24N2O2S/c1-20-13-6-8-17(20)18-7-4-3-5-14-21(18)19(22)15-9-11-16(12-10-15)24(2)23/h6,8-13,18H,3-5,7,14H2,1-2H3/t18-,24-/m0/s1. The Kier molecular flexibility index (Phi) is 5.19. The molecule has 1 aromatic heterocycles. The number of amides is 1. The van der Waals surface area contributed by atoms with Gasteiger partial charge in [-0.05, 0) is 49.2 Å². The quantitative estimate of drug-likeness (QED) is 0.855. The van der Waals surface area contributed by atoms with Gasteiger partial charge in [0.15, 0.2) is 0 Å². The number of hydrogen-bond acceptors (Lipinski definition) is 2. The minimum Gasteiger partial charge on any atom is -0.353 e. The summed E-state index contributed by atoms with van der Waals surface area (Å²) >= 11 is 0. The minimum atomic E-state index is -1.02. The fraction of sp³-hybridized carbons (Fsp3) is 0.421. The van der Waals surface area contributed by atoms with E-state index >= 15 is 0 Å². The minimum absolute atomic E-state index is 0.0662. The second-order valence-electron chi connectivity index (χ2n) is 6.39. The first-order chi connectivity index (χ1) is 11.6. The first-order valence-corrected chi connectivity index (χ1v) is 9.99. The van der Waals surface area contributed by atoms with E-state index in [-0.39, 0.29) is 11.9 Å². The number of carbonyl (C=O) groups excluding carboxylic acids is 1. The van der Waals surface area contributed by atoms with E-state index in [2.05, 4.69) is 10.6 Å². The molecule has 0 N–H and O–H groups in total. The summed E-state index contributed by atoms with van der Waals surface area (Å²) in [6, 6.07) is 11.4. The Morgan fingerprint density at radius 1 is 1.12 bits per heavy atom. The molecule has 24 heavy (non-hydrogen) atoms. The van der Waals surface area contributed by atoms with Crippen LogP contribution in [0.15, 0.2) is 47.5 Å². The zero-order chi connectivity index (χ0) is 17.1. The predicted octanol–water partition coefficient (Wildman–Crippen LogP) is 3.52. The molecule has 1 aromatic carbocycles. The zero-order valence-corrected chi connectivity index (χ0v) is 15.1. The van der Waals surface area contributed by atoms with Gasteiger partial charge in [-0.1, -0.05) is 12.8 Å². The van der Waals surface area contributed by atoms with Crippen LogP contribution in [-0.4, -0.2) is 32.4 Å². The molecule has 0 aliphatic carbocycles. The van der Waals surface area contributed by atoms with Crippen molar-refractivity contribution in [3.8, 4) is 0 Å². The van der Waals surface area contributed by atoms with Gasteiger partial charge in [0.1, 0.15) is 0 Å². The second-order valence-corrected chi connectivity index (χ2v) is 7.77. The van der Waals surface area contributed by atoms with Crippen molar-refractivity contribution in [1.82, 2.24) is 9.47 Å². The molecule has 0 unspecified atom stereocenters. The summed E-state index contributed by atoms with van der Waals surface area (Å²) in [7, 11) is 1.02. The lowest BCUT2D eigenvalue weighted by Crippen LogP contribution is -2.35. The van der Waals surface area contributed by atoms with Crippen LogP contribution in [0, 0.1) is 0 Å². The highest BCUT2D eigenvalue weighted by Gasteiger charge is 2.28. The van der Waals surface area contributed by atoms with Gasteiger partial charge in [-0.25, -0.2) is 0 Å². The number of benzene rings is 1. The predicted molar refractivity (Wildman–Crippen MR) is 96.4 cm³/mol. The maximum absolute atomic E-state index is 13.1. The fourth-order valence-electron chi connectivity index (χ4n) is 3.43. The van der Waals surface area contributed by atoms with Crippen molar-refractivity contribution in [1.29, 1.82) is 0 Å². The van der Waals surface area contributed by atoms with E-state index in [1.165, 1.54) is 12.1 Å². The monoisotopic (exact) mass is 344 g/mol. The van der Waals surface area contributed by atoms with Crippen LogP contribution in [0.4, 0.5) is 0 Å². The Hall–Kier alpha value is -1.88. The van der Waals surface area contributed by atoms with Crippen LogP contribution in [0.2, 0.25) is 0 Å². The summed E-state index contributed by atoms with van der Waals surface area (Å²) in [6.07, 6.45) is 8.04. The first-order valence-electron chi connectivity index (χ1n) is 8.43. The molecule has 3 rings (SSSR count). The smallest absolute Gasteiger partial charge is 0.254 e.